The van der Waals surface area contributed by atoms with Crippen LogP contribution in [-0.4, -0.2) is 51.5 Å². The van der Waals surface area contributed by atoms with Crippen LogP contribution in [0.2, 0.25) is 0 Å². The summed E-state index contributed by atoms with van der Waals surface area (Å²) in [6.07, 6.45) is 1.06. The zero-order valence-electron chi connectivity index (χ0n) is 19.3. The van der Waals surface area contributed by atoms with Gasteiger partial charge in [-0.15, -0.1) is 11.8 Å². The van der Waals surface area contributed by atoms with Gasteiger partial charge in [0.2, 0.25) is 5.91 Å². The SMILES string of the molecule is NN1C(=O)[C@H](C(=O)[C@H](Cc2ccc3ccccc3c2)NC(=O)CCc2ccccc2)C1SCCO. The fourth-order valence-corrected chi connectivity index (χ4v) is 5.36. The highest BCUT2D eigenvalue weighted by Gasteiger charge is 2.52. The summed E-state index contributed by atoms with van der Waals surface area (Å²) in [5, 5.41) is 14.7. The molecule has 1 saturated heterocycles. The van der Waals surface area contributed by atoms with E-state index in [2.05, 4.69) is 5.32 Å². The molecule has 3 aromatic carbocycles. The van der Waals surface area contributed by atoms with Gasteiger partial charge in [0.05, 0.1) is 12.6 Å². The normalized spacial score (nSPS) is 18.2. The van der Waals surface area contributed by atoms with Crippen molar-refractivity contribution in [1.29, 1.82) is 0 Å². The van der Waals surface area contributed by atoms with Crippen molar-refractivity contribution in [3.05, 3.63) is 83.9 Å². The smallest absolute Gasteiger partial charge is 0.251 e. The van der Waals surface area contributed by atoms with Crippen LogP contribution >= 0.6 is 11.8 Å². The Balaban J connectivity index is 1.52. The van der Waals surface area contributed by atoms with Crippen LogP contribution in [0.15, 0.2) is 72.8 Å². The molecule has 35 heavy (non-hydrogen) atoms. The quantitative estimate of drug-likeness (QED) is 0.164. The van der Waals surface area contributed by atoms with Gasteiger partial charge in [-0.05, 0) is 34.7 Å². The van der Waals surface area contributed by atoms with Crippen LogP contribution in [0, 0.1) is 5.92 Å². The molecule has 4 rings (SSSR count). The lowest BCUT2D eigenvalue weighted by Crippen LogP contribution is -2.67. The van der Waals surface area contributed by atoms with Crippen LogP contribution in [0.5, 0.6) is 0 Å². The second kappa shape index (κ2) is 11.5. The minimum absolute atomic E-state index is 0.0825. The number of fused-ring (bicyclic) bond motifs is 1. The molecule has 4 N–H and O–H groups in total. The first-order valence-electron chi connectivity index (χ1n) is 11.6. The standard InChI is InChI=1S/C27H29N3O4S/c28-30-26(34)24(27(30)35-15-14-31)25(33)22(29-23(32)13-11-18-6-2-1-3-7-18)17-19-10-12-20-8-4-5-9-21(20)16-19/h1-10,12,16,22,24,27,31H,11,13-15,17,28H2,(H,29,32)/t22-,24-,27?/m0/s1. The van der Waals surface area contributed by atoms with E-state index in [9.17, 15) is 14.4 Å². The lowest BCUT2D eigenvalue weighted by molar-refractivity contribution is -0.157. The Bertz CT molecular complexity index is 1200. The molecule has 1 aliphatic heterocycles. The zero-order valence-corrected chi connectivity index (χ0v) is 20.1. The van der Waals surface area contributed by atoms with Gasteiger partial charge >= 0.3 is 0 Å². The molecule has 0 aromatic heterocycles. The minimum Gasteiger partial charge on any atom is -0.396 e. The van der Waals surface area contributed by atoms with Crippen molar-refractivity contribution in [2.45, 2.75) is 30.7 Å². The Labute approximate surface area is 208 Å². The first-order valence-corrected chi connectivity index (χ1v) is 12.7. The van der Waals surface area contributed by atoms with Crippen molar-refractivity contribution >= 4 is 40.1 Å². The van der Waals surface area contributed by atoms with E-state index in [1.165, 1.54) is 11.8 Å². The highest BCUT2D eigenvalue weighted by Crippen LogP contribution is 2.34. The van der Waals surface area contributed by atoms with E-state index in [1.807, 2.05) is 72.8 Å². The van der Waals surface area contributed by atoms with Crippen molar-refractivity contribution in [3.8, 4) is 0 Å². The molecule has 7 nitrogen and oxygen atoms in total. The van der Waals surface area contributed by atoms with E-state index in [0.29, 0.717) is 12.2 Å². The molecule has 0 aliphatic carbocycles. The Kier molecular flexibility index (Phi) is 8.17. The molecule has 8 heteroatoms. The number of hydrogen-bond donors (Lipinski definition) is 3. The van der Waals surface area contributed by atoms with Crippen molar-refractivity contribution < 1.29 is 19.5 Å². The van der Waals surface area contributed by atoms with Crippen LogP contribution in [0.3, 0.4) is 0 Å². The molecule has 1 heterocycles. The summed E-state index contributed by atoms with van der Waals surface area (Å²) in [6.45, 7) is -0.0825. The highest BCUT2D eigenvalue weighted by molar-refractivity contribution is 8.00. The van der Waals surface area contributed by atoms with Gasteiger partial charge in [-0.2, -0.15) is 0 Å². The Morgan fingerprint density at radius 2 is 1.71 bits per heavy atom. The molecule has 1 aliphatic rings. The lowest BCUT2D eigenvalue weighted by atomic mass is 9.87. The van der Waals surface area contributed by atoms with Gasteiger partial charge in [0.15, 0.2) is 5.78 Å². The number of thioether (sulfide) groups is 1. The van der Waals surface area contributed by atoms with Crippen LogP contribution in [0.1, 0.15) is 17.5 Å². The Morgan fingerprint density at radius 1 is 1.00 bits per heavy atom. The number of β-lactam (4-membered cyclic amide) rings is 1. The molecule has 182 valence electrons. The third-order valence-electron chi connectivity index (χ3n) is 6.18. The van der Waals surface area contributed by atoms with Crippen LogP contribution in [-0.2, 0) is 27.2 Å². The van der Waals surface area contributed by atoms with Gasteiger partial charge in [-0.1, -0.05) is 72.8 Å². The number of Topliss-reactive ketones (excluding diaryl/α,β-unsaturated/α-hetero) is 1. The maximum atomic E-state index is 13.5. The Hall–Kier alpha value is -3.20. The van der Waals surface area contributed by atoms with Gasteiger partial charge in [0.25, 0.3) is 5.91 Å². The lowest BCUT2D eigenvalue weighted by Gasteiger charge is -2.43. The molecule has 1 unspecified atom stereocenters. The Morgan fingerprint density at radius 3 is 2.46 bits per heavy atom. The number of carbonyl (C=O) groups excluding carboxylic acids is 3. The number of aliphatic hydroxyl groups excluding tert-OH is 1. The van der Waals surface area contributed by atoms with Gasteiger partial charge in [-0.3, -0.25) is 19.4 Å². The van der Waals surface area contributed by atoms with Crippen LogP contribution in [0.25, 0.3) is 10.8 Å². The van der Waals surface area contributed by atoms with Crippen LogP contribution in [0.4, 0.5) is 0 Å². The average Bonchev–Trinajstić information content (AvgIpc) is 2.89. The molecule has 3 aromatic rings. The van der Waals surface area contributed by atoms with Crippen molar-refractivity contribution in [3.63, 3.8) is 0 Å². The summed E-state index contributed by atoms with van der Waals surface area (Å²) in [7, 11) is 0. The summed E-state index contributed by atoms with van der Waals surface area (Å²) in [5.74, 6) is 4.15. The number of ketones is 1. The second-order valence-electron chi connectivity index (χ2n) is 8.60. The van der Waals surface area contributed by atoms with Crippen molar-refractivity contribution in [2.24, 2.45) is 11.8 Å². The second-order valence-corrected chi connectivity index (χ2v) is 9.83. The number of hydrazine groups is 1. The molecule has 0 radical (unpaired) electrons. The molecule has 2 amide bonds. The topological polar surface area (TPSA) is 113 Å². The molecule has 1 fully saturated rings. The summed E-state index contributed by atoms with van der Waals surface area (Å²) >= 11 is 1.26. The first-order chi connectivity index (χ1) is 17.0. The zero-order chi connectivity index (χ0) is 24.8. The summed E-state index contributed by atoms with van der Waals surface area (Å²) < 4.78 is 0. The third-order valence-corrected chi connectivity index (χ3v) is 7.44. The largest absolute Gasteiger partial charge is 0.396 e. The number of nitrogens with two attached hydrogens (primary N) is 1. The van der Waals surface area contributed by atoms with Gasteiger partial charge in [0, 0.05) is 12.2 Å². The molecule has 0 bridgehead atoms. The van der Waals surface area contributed by atoms with Gasteiger partial charge in [0.1, 0.15) is 11.3 Å². The molecule has 3 atom stereocenters. The average molecular weight is 492 g/mol. The predicted molar refractivity (Wildman–Crippen MR) is 137 cm³/mol. The van der Waals surface area contributed by atoms with Crippen molar-refractivity contribution in [2.75, 3.05) is 12.4 Å². The minimum atomic E-state index is -0.948. The fraction of sp³-hybridized carbons (Fsp3) is 0.296. The van der Waals surface area contributed by atoms with E-state index in [0.717, 1.165) is 26.9 Å². The van der Waals surface area contributed by atoms with E-state index >= 15 is 0 Å². The number of rotatable bonds is 11. The number of aryl methyl sites for hydroxylation is 1. The summed E-state index contributed by atoms with van der Waals surface area (Å²) in [4.78, 5) is 38.9. The summed E-state index contributed by atoms with van der Waals surface area (Å²) in [6, 6.07) is 22.7. The number of benzene rings is 3. The molecule has 0 saturated carbocycles. The third kappa shape index (κ3) is 5.90. The molecular formula is C27H29N3O4S. The monoisotopic (exact) mass is 491 g/mol. The number of hydrogen-bond acceptors (Lipinski definition) is 6. The van der Waals surface area contributed by atoms with Gasteiger partial charge < -0.3 is 10.4 Å². The van der Waals surface area contributed by atoms with Crippen molar-refractivity contribution in [1.82, 2.24) is 10.3 Å². The first kappa shape index (κ1) is 24.9. The van der Waals surface area contributed by atoms with E-state index < -0.39 is 23.2 Å². The maximum Gasteiger partial charge on any atom is 0.251 e. The number of amides is 2. The van der Waals surface area contributed by atoms with E-state index in [1.54, 1.807) is 0 Å². The molecule has 0 spiro atoms. The van der Waals surface area contributed by atoms with E-state index in [-0.39, 0.29) is 31.1 Å². The maximum absolute atomic E-state index is 13.5. The summed E-state index contributed by atoms with van der Waals surface area (Å²) in [5.41, 5.74) is 1.93. The fourth-order valence-electron chi connectivity index (χ4n) is 4.31. The van der Waals surface area contributed by atoms with Gasteiger partial charge in [-0.25, -0.2) is 5.84 Å². The number of nitrogens with zero attached hydrogens (tertiary/aromatic N) is 1. The van der Waals surface area contributed by atoms with Crippen LogP contribution < -0.4 is 11.2 Å². The highest BCUT2D eigenvalue weighted by atomic mass is 32.2. The number of carbonyl (C=O) groups is 3. The number of nitrogens with one attached hydrogen (secondary N) is 1. The predicted octanol–water partition coefficient (Wildman–Crippen LogP) is 2.45. The van der Waals surface area contributed by atoms with E-state index in [4.69, 9.17) is 10.9 Å². The molecular weight excluding hydrogens is 462 g/mol. The number of aliphatic hydroxyl groups is 1.